The molecule has 5 nitrogen and oxygen atoms in total. The van der Waals surface area contributed by atoms with Gasteiger partial charge < -0.3 is 15.2 Å². The summed E-state index contributed by atoms with van der Waals surface area (Å²) >= 11 is 0. The van der Waals surface area contributed by atoms with Gasteiger partial charge in [0.15, 0.2) is 0 Å². The maximum absolute atomic E-state index is 12.1. The third-order valence-electron chi connectivity index (χ3n) is 3.15. The molecule has 1 saturated heterocycles. The number of rotatable bonds is 4. The average molecular weight is 263 g/mol. The topological polar surface area (TPSA) is 75.6 Å². The van der Waals surface area contributed by atoms with Crippen LogP contribution in [0.3, 0.4) is 0 Å². The molecule has 1 aromatic carbocycles. The molecule has 0 aromatic heterocycles. The number of benzene rings is 1. The molecule has 1 aliphatic rings. The Morgan fingerprint density at radius 3 is 2.84 bits per heavy atom. The minimum absolute atomic E-state index is 0.0995. The zero-order valence-electron chi connectivity index (χ0n) is 10.6. The minimum atomic E-state index is -0.914. The average Bonchev–Trinajstić information content (AvgIpc) is 2.41. The first-order valence-corrected chi connectivity index (χ1v) is 6.35. The van der Waals surface area contributed by atoms with Gasteiger partial charge in [0.1, 0.15) is 0 Å². The number of nitrogens with one attached hydrogen (secondary N) is 1. The standard InChI is InChI=1S/C14H17NO4/c16-13(17)8-10-4-1-2-6-12(10)15-14(18)11-5-3-7-19-9-11/h1-2,4,6,11H,3,5,7-9H2,(H,15,18)(H,16,17). The lowest BCUT2D eigenvalue weighted by molar-refractivity contribution is -0.136. The SMILES string of the molecule is O=C(O)Cc1ccccc1NC(=O)C1CCCOC1. The summed E-state index contributed by atoms with van der Waals surface area (Å²) in [4.78, 5) is 22.8. The first-order valence-electron chi connectivity index (χ1n) is 6.35. The summed E-state index contributed by atoms with van der Waals surface area (Å²) in [6.07, 6.45) is 1.60. The van der Waals surface area contributed by atoms with Crippen LogP contribution in [0.4, 0.5) is 5.69 Å². The highest BCUT2D eigenvalue weighted by atomic mass is 16.5. The van der Waals surface area contributed by atoms with Gasteiger partial charge in [-0.2, -0.15) is 0 Å². The van der Waals surface area contributed by atoms with E-state index in [1.165, 1.54) is 0 Å². The van der Waals surface area contributed by atoms with Gasteiger partial charge in [0, 0.05) is 12.3 Å². The zero-order valence-corrected chi connectivity index (χ0v) is 10.6. The van der Waals surface area contributed by atoms with E-state index in [2.05, 4.69) is 5.32 Å². The van der Waals surface area contributed by atoms with Gasteiger partial charge in [-0.3, -0.25) is 9.59 Å². The van der Waals surface area contributed by atoms with Crippen LogP contribution in [0.2, 0.25) is 0 Å². The van der Waals surface area contributed by atoms with Crippen molar-refractivity contribution < 1.29 is 19.4 Å². The molecule has 1 fully saturated rings. The fourth-order valence-electron chi connectivity index (χ4n) is 2.14. The maximum atomic E-state index is 12.1. The van der Waals surface area contributed by atoms with E-state index < -0.39 is 5.97 Å². The van der Waals surface area contributed by atoms with Crippen molar-refractivity contribution in [1.82, 2.24) is 0 Å². The lowest BCUT2D eigenvalue weighted by Gasteiger charge is -2.21. The number of amides is 1. The summed E-state index contributed by atoms with van der Waals surface area (Å²) in [7, 11) is 0. The third-order valence-corrected chi connectivity index (χ3v) is 3.15. The van der Waals surface area contributed by atoms with Crippen molar-refractivity contribution in [3.63, 3.8) is 0 Å². The summed E-state index contributed by atoms with van der Waals surface area (Å²) in [5, 5.41) is 11.6. The number of aliphatic carboxylic acids is 1. The summed E-state index contributed by atoms with van der Waals surface area (Å²) in [6.45, 7) is 1.15. The second-order valence-electron chi connectivity index (χ2n) is 4.63. The van der Waals surface area contributed by atoms with E-state index in [1.54, 1.807) is 24.3 Å². The molecular weight excluding hydrogens is 246 g/mol. The molecule has 5 heteroatoms. The zero-order chi connectivity index (χ0) is 13.7. The van der Waals surface area contributed by atoms with E-state index in [1.807, 2.05) is 0 Å². The van der Waals surface area contributed by atoms with E-state index >= 15 is 0 Å². The van der Waals surface area contributed by atoms with Crippen molar-refractivity contribution in [1.29, 1.82) is 0 Å². The number of ether oxygens (including phenoxy) is 1. The number of hydrogen-bond donors (Lipinski definition) is 2. The number of hydrogen-bond acceptors (Lipinski definition) is 3. The van der Waals surface area contributed by atoms with Crippen LogP contribution in [0.15, 0.2) is 24.3 Å². The van der Waals surface area contributed by atoms with Crippen molar-refractivity contribution in [2.45, 2.75) is 19.3 Å². The van der Waals surface area contributed by atoms with Gasteiger partial charge in [-0.05, 0) is 24.5 Å². The summed E-state index contributed by atoms with van der Waals surface area (Å²) in [5.74, 6) is -1.16. The molecule has 1 amide bonds. The molecule has 102 valence electrons. The van der Waals surface area contributed by atoms with Crippen LogP contribution < -0.4 is 5.32 Å². The quantitative estimate of drug-likeness (QED) is 0.866. The predicted octanol–water partition coefficient (Wildman–Crippen LogP) is 1.68. The number of carbonyl (C=O) groups excluding carboxylic acids is 1. The van der Waals surface area contributed by atoms with Crippen molar-refractivity contribution in [3.8, 4) is 0 Å². The van der Waals surface area contributed by atoms with Crippen molar-refractivity contribution in [2.24, 2.45) is 5.92 Å². The molecule has 1 atom stereocenters. The molecule has 1 aromatic rings. The minimum Gasteiger partial charge on any atom is -0.481 e. The van der Waals surface area contributed by atoms with Crippen LogP contribution in [0.1, 0.15) is 18.4 Å². The van der Waals surface area contributed by atoms with Crippen molar-refractivity contribution in [3.05, 3.63) is 29.8 Å². The second kappa shape index (κ2) is 6.33. The second-order valence-corrected chi connectivity index (χ2v) is 4.63. The Kier molecular flexibility index (Phi) is 4.52. The highest BCUT2D eigenvalue weighted by molar-refractivity contribution is 5.94. The van der Waals surface area contributed by atoms with E-state index in [0.29, 0.717) is 24.5 Å². The number of carbonyl (C=O) groups is 2. The molecular formula is C14H17NO4. The first kappa shape index (κ1) is 13.5. The van der Waals surface area contributed by atoms with Crippen molar-refractivity contribution >= 4 is 17.6 Å². The summed E-state index contributed by atoms with van der Waals surface area (Å²) in [5.41, 5.74) is 1.18. The molecule has 1 heterocycles. The van der Waals surface area contributed by atoms with Crippen LogP contribution in [0, 0.1) is 5.92 Å². The monoisotopic (exact) mass is 263 g/mol. The third kappa shape index (κ3) is 3.79. The molecule has 0 bridgehead atoms. The highest BCUT2D eigenvalue weighted by Crippen LogP contribution is 2.19. The van der Waals surface area contributed by atoms with Gasteiger partial charge in [0.25, 0.3) is 0 Å². The Labute approximate surface area is 111 Å². The Morgan fingerprint density at radius 1 is 1.37 bits per heavy atom. The Bertz CT molecular complexity index is 466. The van der Waals surface area contributed by atoms with Gasteiger partial charge in [0.05, 0.1) is 18.9 Å². The van der Waals surface area contributed by atoms with E-state index in [-0.39, 0.29) is 18.2 Å². The Hall–Kier alpha value is -1.88. The van der Waals surface area contributed by atoms with Gasteiger partial charge in [0.2, 0.25) is 5.91 Å². The number of carboxylic acid groups (broad SMARTS) is 1. The fraction of sp³-hybridized carbons (Fsp3) is 0.429. The Balaban J connectivity index is 2.05. The predicted molar refractivity (Wildman–Crippen MR) is 70.0 cm³/mol. The maximum Gasteiger partial charge on any atom is 0.307 e. The lowest BCUT2D eigenvalue weighted by atomic mass is 10.0. The molecule has 19 heavy (non-hydrogen) atoms. The lowest BCUT2D eigenvalue weighted by Crippen LogP contribution is -2.30. The van der Waals surface area contributed by atoms with Crippen LogP contribution in [0.25, 0.3) is 0 Å². The van der Waals surface area contributed by atoms with E-state index in [0.717, 1.165) is 12.8 Å². The van der Waals surface area contributed by atoms with Gasteiger partial charge in [-0.1, -0.05) is 18.2 Å². The molecule has 2 N–H and O–H groups in total. The molecule has 1 unspecified atom stereocenters. The molecule has 0 radical (unpaired) electrons. The Morgan fingerprint density at radius 2 is 2.16 bits per heavy atom. The number of para-hydroxylation sites is 1. The smallest absolute Gasteiger partial charge is 0.307 e. The van der Waals surface area contributed by atoms with E-state index in [9.17, 15) is 9.59 Å². The number of carboxylic acids is 1. The van der Waals surface area contributed by atoms with Crippen LogP contribution >= 0.6 is 0 Å². The molecule has 0 saturated carbocycles. The summed E-state index contributed by atoms with van der Waals surface area (Å²) < 4.78 is 5.28. The van der Waals surface area contributed by atoms with Crippen molar-refractivity contribution in [2.75, 3.05) is 18.5 Å². The molecule has 1 aliphatic heterocycles. The van der Waals surface area contributed by atoms with Crippen LogP contribution in [-0.2, 0) is 20.7 Å². The number of anilines is 1. The first-order chi connectivity index (χ1) is 9.16. The molecule has 2 rings (SSSR count). The molecule has 0 aliphatic carbocycles. The van der Waals surface area contributed by atoms with Gasteiger partial charge >= 0.3 is 5.97 Å². The van der Waals surface area contributed by atoms with Crippen LogP contribution in [0.5, 0.6) is 0 Å². The molecule has 0 spiro atoms. The van der Waals surface area contributed by atoms with Gasteiger partial charge in [-0.25, -0.2) is 0 Å². The fourth-order valence-corrected chi connectivity index (χ4v) is 2.14. The normalized spacial score (nSPS) is 18.8. The summed E-state index contributed by atoms with van der Waals surface area (Å²) in [6, 6.07) is 6.97. The van der Waals surface area contributed by atoms with Crippen LogP contribution in [-0.4, -0.2) is 30.2 Å². The van der Waals surface area contributed by atoms with Gasteiger partial charge in [-0.15, -0.1) is 0 Å². The van der Waals surface area contributed by atoms with E-state index in [4.69, 9.17) is 9.84 Å². The largest absolute Gasteiger partial charge is 0.481 e. The highest BCUT2D eigenvalue weighted by Gasteiger charge is 2.22.